The van der Waals surface area contributed by atoms with Crippen molar-refractivity contribution in [1.29, 1.82) is 0 Å². The van der Waals surface area contributed by atoms with Crippen molar-refractivity contribution in [2.45, 2.75) is 0 Å². The third kappa shape index (κ3) is 4.16. The zero-order valence-corrected chi connectivity index (χ0v) is 15.1. The van der Waals surface area contributed by atoms with Crippen LogP contribution >= 0.6 is 11.6 Å². The molecule has 0 saturated carbocycles. The summed E-state index contributed by atoms with van der Waals surface area (Å²) in [5.41, 5.74) is 1.58. The molecule has 3 rings (SSSR count). The van der Waals surface area contributed by atoms with E-state index in [1.165, 1.54) is 30.5 Å². The highest BCUT2D eigenvalue weighted by atomic mass is 35.5. The summed E-state index contributed by atoms with van der Waals surface area (Å²) in [6.07, 6.45) is 3.13. The average molecular weight is 396 g/mol. The largest absolute Gasteiger partial charge is 0.478 e. The highest BCUT2D eigenvalue weighted by molar-refractivity contribution is 6.31. The fraction of sp³-hybridized carbons (Fsp3) is 0. The quantitative estimate of drug-likeness (QED) is 0.344. The maximum Gasteiger partial charge on any atom is 0.337 e. The van der Waals surface area contributed by atoms with Crippen molar-refractivity contribution in [3.63, 3.8) is 0 Å². The molecule has 0 atom stereocenters. The SMILES string of the molecule is O=C(Nc1ccc(Cl)cc1C(=O)O)c1cccc(C(=NO)c2cccnc2)c1. The molecule has 0 spiro atoms. The topological polar surface area (TPSA) is 112 Å². The Hall–Kier alpha value is -3.71. The Bertz CT molecular complexity index is 1070. The molecule has 0 fully saturated rings. The molecule has 0 unspecified atom stereocenters. The lowest BCUT2D eigenvalue weighted by molar-refractivity contribution is 0.0698. The fourth-order valence-electron chi connectivity index (χ4n) is 2.59. The number of anilines is 1. The molecule has 0 aliphatic rings. The van der Waals surface area contributed by atoms with Gasteiger partial charge in [-0.1, -0.05) is 28.9 Å². The van der Waals surface area contributed by atoms with Crippen LogP contribution in [0.25, 0.3) is 0 Å². The third-order valence-corrected chi connectivity index (χ3v) is 4.13. The third-order valence-electron chi connectivity index (χ3n) is 3.89. The van der Waals surface area contributed by atoms with Crippen LogP contribution in [0.15, 0.2) is 72.1 Å². The Balaban J connectivity index is 1.91. The Morgan fingerprint density at radius 2 is 1.75 bits per heavy atom. The number of aromatic nitrogens is 1. The van der Waals surface area contributed by atoms with Gasteiger partial charge in [0.2, 0.25) is 0 Å². The molecule has 0 aliphatic carbocycles. The maximum atomic E-state index is 12.6. The zero-order valence-electron chi connectivity index (χ0n) is 14.3. The molecular weight excluding hydrogens is 382 g/mol. The van der Waals surface area contributed by atoms with Gasteiger partial charge >= 0.3 is 5.97 Å². The summed E-state index contributed by atoms with van der Waals surface area (Å²) in [6, 6.07) is 14.0. The number of benzene rings is 2. The van der Waals surface area contributed by atoms with Crippen LogP contribution in [0.4, 0.5) is 5.69 Å². The molecule has 7 nitrogen and oxygen atoms in total. The molecule has 28 heavy (non-hydrogen) atoms. The number of carboxylic acids is 1. The van der Waals surface area contributed by atoms with E-state index in [0.717, 1.165) is 0 Å². The summed E-state index contributed by atoms with van der Waals surface area (Å²) in [4.78, 5) is 28.0. The number of pyridine rings is 1. The number of carboxylic acid groups (broad SMARTS) is 1. The molecule has 0 bridgehead atoms. The van der Waals surface area contributed by atoms with E-state index >= 15 is 0 Å². The standard InChI is InChI=1S/C20H14ClN3O4/c21-15-6-7-17(16(10-15)20(26)27)23-19(25)13-4-1-3-12(9-13)18(24-28)14-5-2-8-22-11-14/h1-11,28H,(H,23,25)(H,26,27). The molecular formula is C20H14ClN3O4. The summed E-state index contributed by atoms with van der Waals surface area (Å²) in [5, 5.41) is 24.8. The van der Waals surface area contributed by atoms with Gasteiger partial charge in [0.1, 0.15) is 5.71 Å². The second-order valence-electron chi connectivity index (χ2n) is 5.72. The number of hydrogen-bond donors (Lipinski definition) is 3. The van der Waals surface area contributed by atoms with Crippen LogP contribution in [0.2, 0.25) is 5.02 Å². The predicted molar refractivity (Wildman–Crippen MR) is 104 cm³/mol. The zero-order chi connectivity index (χ0) is 20.1. The lowest BCUT2D eigenvalue weighted by Gasteiger charge is -2.10. The van der Waals surface area contributed by atoms with Crippen molar-refractivity contribution in [1.82, 2.24) is 4.98 Å². The van der Waals surface area contributed by atoms with E-state index in [0.29, 0.717) is 11.1 Å². The summed E-state index contributed by atoms with van der Waals surface area (Å²) in [6.45, 7) is 0. The van der Waals surface area contributed by atoms with Gasteiger partial charge in [-0.05, 0) is 42.5 Å². The van der Waals surface area contributed by atoms with Gasteiger partial charge in [-0.3, -0.25) is 9.78 Å². The Morgan fingerprint density at radius 3 is 2.43 bits per heavy atom. The van der Waals surface area contributed by atoms with Crippen molar-refractivity contribution in [3.05, 3.63) is 94.3 Å². The van der Waals surface area contributed by atoms with Crippen LogP contribution in [0.1, 0.15) is 31.8 Å². The number of oxime groups is 1. The van der Waals surface area contributed by atoms with Crippen molar-refractivity contribution in [2.24, 2.45) is 5.16 Å². The van der Waals surface area contributed by atoms with Gasteiger partial charge in [-0.2, -0.15) is 0 Å². The molecule has 1 heterocycles. The van der Waals surface area contributed by atoms with Gasteiger partial charge in [-0.25, -0.2) is 4.79 Å². The first kappa shape index (κ1) is 19.1. The first-order chi connectivity index (χ1) is 13.5. The number of carbonyl (C=O) groups is 2. The minimum Gasteiger partial charge on any atom is -0.478 e. The number of carbonyl (C=O) groups excluding carboxylic acids is 1. The Labute approximate surface area is 164 Å². The second-order valence-corrected chi connectivity index (χ2v) is 6.16. The van der Waals surface area contributed by atoms with Gasteiger partial charge in [0.15, 0.2) is 0 Å². The highest BCUT2D eigenvalue weighted by Crippen LogP contribution is 2.22. The van der Waals surface area contributed by atoms with Gasteiger partial charge in [0.25, 0.3) is 5.91 Å². The molecule has 2 aromatic carbocycles. The van der Waals surface area contributed by atoms with E-state index in [-0.39, 0.29) is 27.5 Å². The highest BCUT2D eigenvalue weighted by Gasteiger charge is 2.16. The number of nitrogens with zero attached hydrogens (tertiary/aromatic N) is 2. The van der Waals surface area contributed by atoms with Crippen molar-refractivity contribution >= 4 is 34.9 Å². The van der Waals surface area contributed by atoms with Crippen LogP contribution in [-0.2, 0) is 0 Å². The van der Waals surface area contributed by atoms with Gasteiger partial charge in [0.05, 0.1) is 11.3 Å². The van der Waals surface area contributed by atoms with Gasteiger partial charge < -0.3 is 15.6 Å². The van der Waals surface area contributed by atoms with E-state index in [9.17, 15) is 19.9 Å². The summed E-state index contributed by atoms with van der Waals surface area (Å²) in [7, 11) is 0. The second kappa shape index (κ2) is 8.32. The van der Waals surface area contributed by atoms with Crippen LogP contribution < -0.4 is 5.32 Å². The smallest absolute Gasteiger partial charge is 0.337 e. The van der Waals surface area contributed by atoms with E-state index in [1.54, 1.807) is 36.5 Å². The molecule has 1 amide bonds. The molecule has 1 aromatic heterocycles. The first-order valence-electron chi connectivity index (χ1n) is 8.06. The minimum atomic E-state index is -1.21. The molecule has 3 N–H and O–H groups in total. The number of hydrogen-bond acceptors (Lipinski definition) is 5. The Kier molecular flexibility index (Phi) is 5.67. The monoisotopic (exact) mass is 395 g/mol. The average Bonchev–Trinajstić information content (AvgIpc) is 2.71. The van der Waals surface area contributed by atoms with E-state index in [2.05, 4.69) is 15.5 Å². The summed E-state index contributed by atoms with van der Waals surface area (Å²) < 4.78 is 0. The first-order valence-corrected chi connectivity index (χ1v) is 8.44. The molecule has 140 valence electrons. The van der Waals surface area contributed by atoms with Crippen LogP contribution in [0.3, 0.4) is 0 Å². The van der Waals surface area contributed by atoms with Crippen LogP contribution in [-0.4, -0.2) is 32.9 Å². The molecule has 8 heteroatoms. The minimum absolute atomic E-state index is 0.120. The van der Waals surface area contributed by atoms with E-state index < -0.39 is 11.9 Å². The summed E-state index contributed by atoms with van der Waals surface area (Å²) >= 11 is 5.83. The number of rotatable bonds is 5. The number of aromatic carboxylic acids is 1. The number of amides is 1. The molecule has 0 aliphatic heterocycles. The maximum absolute atomic E-state index is 12.6. The lowest BCUT2D eigenvalue weighted by atomic mass is 10.0. The summed E-state index contributed by atoms with van der Waals surface area (Å²) in [5.74, 6) is -1.73. The molecule has 3 aromatic rings. The number of halogens is 1. The normalized spacial score (nSPS) is 11.1. The molecule has 0 saturated heterocycles. The van der Waals surface area contributed by atoms with Crippen LogP contribution in [0.5, 0.6) is 0 Å². The number of nitrogens with one attached hydrogen (secondary N) is 1. The van der Waals surface area contributed by atoms with E-state index in [1.807, 2.05) is 0 Å². The van der Waals surface area contributed by atoms with Crippen molar-refractivity contribution in [3.8, 4) is 0 Å². The van der Waals surface area contributed by atoms with Gasteiger partial charge in [0, 0.05) is 34.1 Å². The van der Waals surface area contributed by atoms with Crippen molar-refractivity contribution < 1.29 is 19.9 Å². The fourth-order valence-corrected chi connectivity index (χ4v) is 2.76. The van der Waals surface area contributed by atoms with Crippen LogP contribution in [0, 0.1) is 0 Å². The Morgan fingerprint density at radius 1 is 1.00 bits per heavy atom. The lowest BCUT2D eigenvalue weighted by Crippen LogP contribution is -2.15. The van der Waals surface area contributed by atoms with E-state index in [4.69, 9.17) is 11.6 Å². The van der Waals surface area contributed by atoms with Gasteiger partial charge in [-0.15, -0.1) is 0 Å². The van der Waals surface area contributed by atoms with Crippen molar-refractivity contribution in [2.75, 3.05) is 5.32 Å². The molecule has 0 radical (unpaired) electrons. The predicted octanol–water partition coefficient (Wildman–Crippen LogP) is 3.91.